The quantitative estimate of drug-likeness (QED) is 0.728. The van der Waals surface area contributed by atoms with Gasteiger partial charge in [0, 0.05) is 19.2 Å². The highest BCUT2D eigenvalue weighted by molar-refractivity contribution is 5.97. The van der Waals surface area contributed by atoms with Gasteiger partial charge in [0.1, 0.15) is 11.5 Å². The number of amides is 1. The molecule has 1 aliphatic heterocycles. The van der Waals surface area contributed by atoms with Gasteiger partial charge in [0.25, 0.3) is 5.91 Å². The van der Waals surface area contributed by atoms with Crippen LogP contribution in [0.3, 0.4) is 0 Å². The Bertz CT molecular complexity index is 891. The van der Waals surface area contributed by atoms with Gasteiger partial charge < -0.3 is 19.5 Å². The lowest BCUT2D eigenvalue weighted by Gasteiger charge is -2.20. The van der Waals surface area contributed by atoms with Gasteiger partial charge in [-0.3, -0.25) is 4.79 Å². The summed E-state index contributed by atoms with van der Waals surface area (Å²) < 4.78 is 11.0. The molecule has 1 atom stereocenters. The molecule has 1 unspecified atom stereocenters. The van der Waals surface area contributed by atoms with Gasteiger partial charge >= 0.3 is 0 Å². The highest BCUT2D eigenvalue weighted by atomic mass is 16.5. The van der Waals surface area contributed by atoms with Crippen molar-refractivity contribution in [1.29, 1.82) is 0 Å². The van der Waals surface area contributed by atoms with Crippen LogP contribution in [0.25, 0.3) is 0 Å². The Balaban J connectivity index is 1.88. The summed E-state index contributed by atoms with van der Waals surface area (Å²) in [4.78, 5) is 15.2. The van der Waals surface area contributed by atoms with Crippen LogP contribution in [0.15, 0.2) is 30.3 Å². The zero-order valence-electron chi connectivity index (χ0n) is 18.0. The van der Waals surface area contributed by atoms with Gasteiger partial charge in [0.05, 0.1) is 25.9 Å². The lowest BCUT2D eigenvalue weighted by molar-refractivity contribution is 0.0747. The molecule has 0 aromatic heterocycles. The molecule has 0 bridgehead atoms. The number of ether oxygens (including phenoxy) is 2. The van der Waals surface area contributed by atoms with Crippen molar-refractivity contribution in [2.45, 2.75) is 58.7 Å². The average molecular weight is 398 g/mol. The topological polar surface area (TPSA) is 59.0 Å². The van der Waals surface area contributed by atoms with E-state index in [1.54, 1.807) is 20.3 Å². The maximum atomic E-state index is 13.3. The summed E-state index contributed by atoms with van der Waals surface area (Å²) in [5.74, 6) is 1.41. The number of hydrogen-bond acceptors (Lipinski definition) is 4. The van der Waals surface area contributed by atoms with Crippen LogP contribution in [0.2, 0.25) is 0 Å². The standard InChI is InChI=1S/C24H31NO4/c1-6-7-21(26)16-8-9-17-13-25(14-18(17)10-16)24(27)20-11-19(15(2)3)22(28-4)12-23(20)29-5/h8-12,15,21,26H,6-7,13-14H2,1-5H3. The Labute approximate surface area is 173 Å². The monoisotopic (exact) mass is 397 g/mol. The molecule has 0 radical (unpaired) electrons. The minimum atomic E-state index is -0.453. The third kappa shape index (κ3) is 4.25. The number of methoxy groups -OCH3 is 2. The minimum Gasteiger partial charge on any atom is -0.496 e. The van der Waals surface area contributed by atoms with E-state index in [0.29, 0.717) is 24.4 Å². The van der Waals surface area contributed by atoms with Crippen LogP contribution in [0.1, 0.15) is 78.2 Å². The number of aliphatic hydroxyl groups is 1. The zero-order chi connectivity index (χ0) is 21.1. The van der Waals surface area contributed by atoms with Gasteiger partial charge in [-0.1, -0.05) is 45.4 Å². The van der Waals surface area contributed by atoms with Crippen LogP contribution >= 0.6 is 0 Å². The van der Waals surface area contributed by atoms with Crippen LogP contribution in [0, 0.1) is 0 Å². The van der Waals surface area contributed by atoms with E-state index in [1.165, 1.54) is 0 Å². The van der Waals surface area contributed by atoms with Gasteiger partial charge in [-0.15, -0.1) is 0 Å². The summed E-state index contributed by atoms with van der Waals surface area (Å²) in [6.07, 6.45) is 1.21. The van der Waals surface area contributed by atoms with Gasteiger partial charge in [-0.05, 0) is 40.7 Å². The maximum Gasteiger partial charge on any atom is 0.258 e. The first-order valence-electron chi connectivity index (χ1n) is 10.2. The van der Waals surface area contributed by atoms with E-state index in [-0.39, 0.29) is 11.8 Å². The van der Waals surface area contributed by atoms with Gasteiger partial charge in [-0.2, -0.15) is 0 Å². The molecule has 0 spiro atoms. The molecule has 0 aliphatic carbocycles. The predicted octanol–water partition coefficient (Wildman–Crippen LogP) is 4.82. The molecule has 156 valence electrons. The van der Waals surface area contributed by atoms with E-state index >= 15 is 0 Å². The predicted molar refractivity (Wildman–Crippen MR) is 114 cm³/mol. The van der Waals surface area contributed by atoms with Crippen molar-refractivity contribution in [3.8, 4) is 11.5 Å². The third-order valence-corrected chi connectivity index (χ3v) is 5.59. The molecule has 5 nitrogen and oxygen atoms in total. The third-order valence-electron chi connectivity index (χ3n) is 5.59. The van der Waals surface area contributed by atoms with Crippen LogP contribution in [0.4, 0.5) is 0 Å². The number of rotatable bonds is 7. The van der Waals surface area contributed by atoms with Gasteiger partial charge in [-0.25, -0.2) is 0 Å². The Hall–Kier alpha value is -2.53. The summed E-state index contributed by atoms with van der Waals surface area (Å²) in [6.45, 7) is 7.31. The number of aliphatic hydroxyl groups excluding tert-OH is 1. The summed E-state index contributed by atoms with van der Waals surface area (Å²) in [7, 11) is 3.20. The number of hydrogen-bond donors (Lipinski definition) is 1. The fourth-order valence-corrected chi connectivity index (χ4v) is 3.92. The fourth-order valence-electron chi connectivity index (χ4n) is 3.92. The molecule has 1 amide bonds. The van der Waals surface area contributed by atoms with Crippen molar-refractivity contribution < 1.29 is 19.4 Å². The van der Waals surface area contributed by atoms with Crippen molar-refractivity contribution in [3.63, 3.8) is 0 Å². The molecule has 1 aliphatic rings. The number of carbonyl (C=O) groups excluding carboxylic acids is 1. The fraction of sp³-hybridized carbons (Fsp3) is 0.458. The molecular weight excluding hydrogens is 366 g/mol. The molecule has 3 rings (SSSR count). The summed E-state index contributed by atoms with van der Waals surface area (Å²) in [6, 6.07) is 9.72. The van der Waals surface area contributed by atoms with Crippen LogP contribution in [-0.4, -0.2) is 30.1 Å². The first-order chi connectivity index (χ1) is 13.9. The van der Waals surface area contributed by atoms with E-state index in [2.05, 4.69) is 20.8 Å². The van der Waals surface area contributed by atoms with E-state index in [4.69, 9.17) is 9.47 Å². The second-order valence-corrected chi connectivity index (χ2v) is 7.94. The Morgan fingerprint density at radius 3 is 2.38 bits per heavy atom. The minimum absolute atomic E-state index is 0.0572. The normalized spacial score (nSPS) is 14.1. The molecule has 1 heterocycles. The summed E-state index contributed by atoms with van der Waals surface area (Å²) >= 11 is 0. The number of benzene rings is 2. The number of carbonyl (C=O) groups is 1. The van der Waals surface area contributed by atoms with E-state index in [1.807, 2.05) is 29.2 Å². The molecule has 0 saturated heterocycles. The molecule has 5 heteroatoms. The second kappa shape index (κ2) is 8.87. The molecule has 0 fully saturated rings. The lowest BCUT2D eigenvalue weighted by atomic mass is 9.98. The smallest absolute Gasteiger partial charge is 0.258 e. The highest BCUT2D eigenvalue weighted by Crippen LogP contribution is 2.36. The number of nitrogens with zero attached hydrogens (tertiary/aromatic N) is 1. The molecular formula is C24H31NO4. The zero-order valence-corrected chi connectivity index (χ0v) is 18.0. The summed E-state index contributed by atoms with van der Waals surface area (Å²) in [5.41, 5.74) is 4.68. The number of fused-ring (bicyclic) bond motifs is 1. The molecule has 1 N–H and O–H groups in total. The van der Waals surface area contributed by atoms with Gasteiger partial charge in [0.15, 0.2) is 0 Å². The first-order valence-corrected chi connectivity index (χ1v) is 10.2. The van der Waals surface area contributed by atoms with E-state index in [0.717, 1.165) is 40.8 Å². The van der Waals surface area contributed by atoms with E-state index in [9.17, 15) is 9.90 Å². The second-order valence-electron chi connectivity index (χ2n) is 7.94. The first kappa shape index (κ1) is 21.2. The maximum absolute atomic E-state index is 13.3. The molecule has 2 aromatic carbocycles. The van der Waals surface area contributed by atoms with Crippen molar-refractivity contribution in [1.82, 2.24) is 4.90 Å². The average Bonchev–Trinajstić information content (AvgIpc) is 3.15. The molecule has 29 heavy (non-hydrogen) atoms. The van der Waals surface area contributed by atoms with Crippen molar-refractivity contribution in [2.24, 2.45) is 0 Å². The van der Waals surface area contributed by atoms with Gasteiger partial charge in [0.2, 0.25) is 0 Å². The molecule has 2 aromatic rings. The SMILES string of the molecule is CCCC(O)c1ccc2c(c1)CN(C(=O)c1cc(C(C)C)c(OC)cc1OC)C2. The highest BCUT2D eigenvalue weighted by Gasteiger charge is 2.28. The van der Waals surface area contributed by atoms with Crippen LogP contribution in [0.5, 0.6) is 11.5 Å². The van der Waals surface area contributed by atoms with E-state index < -0.39 is 6.10 Å². The van der Waals surface area contributed by atoms with Crippen LogP contribution < -0.4 is 9.47 Å². The largest absolute Gasteiger partial charge is 0.496 e. The van der Waals surface area contributed by atoms with Crippen molar-refractivity contribution >= 4 is 5.91 Å². The van der Waals surface area contributed by atoms with Crippen molar-refractivity contribution in [3.05, 3.63) is 58.1 Å². The Morgan fingerprint density at radius 2 is 1.76 bits per heavy atom. The lowest BCUT2D eigenvalue weighted by Crippen LogP contribution is -2.26. The van der Waals surface area contributed by atoms with Crippen molar-refractivity contribution in [2.75, 3.05) is 14.2 Å². The Kier molecular flexibility index (Phi) is 6.48. The summed E-state index contributed by atoms with van der Waals surface area (Å²) in [5, 5.41) is 10.3. The van der Waals surface area contributed by atoms with Crippen LogP contribution in [-0.2, 0) is 13.1 Å². The Morgan fingerprint density at radius 1 is 1.07 bits per heavy atom. The molecule has 0 saturated carbocycles.